The number of pyridine rings is 2. The van der Waals surface area contributed by atoms with E-state index in [0.717, 1.165) is 33.4 Å². The third-order valence-corrected chi connectivity index (χ3v) is 3.80. The zero-order valence-electron chi connectivity index (χ0n) is 12.3. The van der Waals surface area contributed by atoms with Crippen LogP contribution in [0.25, 0.3) is 33.4 Å². The van der Waals surface area contributed by atoms with Crippen molar-refractivity contribution < 1.29 is 4.39 Å². The van der Waals surface area contributed by atoms with Crippen LogP contribution in [0.5, 0.6) is 0 Å². The first kappa shape index (κ1) is 13.6. The molecule has 2 aromatic heterocycles. The number of rotatable bonds is 2. The summed E-state index contributed by atoms with van der Waals surface area (Å²) in [5.74, 6) is -0.239. The van der Waals surface area contributed by atoms with E-state index in [2.05, 4.69) is 4.98 Å². The molecule has 0 aliphatic heterocycles. The van der Waals surface area contributed by atoms with Crippen LogP contribution in [0.1, 0.15) is 0 Å². The molecule has 0 aliphatic carbocycles. The third kappa shape index (κ3) is 2.57. The molecule has 110 valence electrons. The van der Waals surface area contributed by atoms with Gasteiger partial charge in [0.25, 0.3) is 0 Å². The molecule has 4 rings (SSSR count). The minimum atomic E-state index is -0.239. The molecule has 4 aromatic rings. The van der Waals surface area contributed by atoms with Gasteiger partial charge in [-0.25, -0.2) is 9.37 Å². The van der Waals surface area contributed by atoms with E-state index in [1.165, 1.54) is 12.1 Å². The van der Waals surface area contributed by atoms with Crippen molar-refractivity contribution in [3.8, 4) is 22.5 Å². The lowest BCUT2D eigenvalue weighted by atomic mass is 9.99. The van der Waals surface area contributed by atoms with Crippen LogP contribution in [0.2, 0.25) is 0 Å². The van der Waals surface area contributed by atoms with Gasteiger partial charge in [0.15, 0.2) is 0 Å². The van der Waals surface area contributed by atoms with Gasteiger partial charge in [-0.1, -0.05) is 36.4 Å². The molecule has 2 nitrogen and oxygen atoms in total. The summed E-state index contributed by atoms with van der Waals surface area (Å²) in [6.07, 6.45) is 1.75. The maximum Gasteiger partial charge on any atom is 0.123 e. The Morgan fingerprint density at radius 3 is 2.30 bits per heavy atom. The summed E-state index contributed by atoms with van der Waals surface area (Å²) >= 11 is 0. The predicted octanol–water partition coefficient (Wildman–Crippen LogP) is 5.10. The molecule has 2 aromatic carbocycles. The second-order valence-corrected chi connectivity index (χ2v) is 5.29. The van der Waals surface area contributed by atoms with Crippen molar-refractivity contribution in [3.05, 3.63) is 84.8 Å². The quantitative estimate of drug-likeness (QED) is 0.514. The highest BCUT2D eigenvalue weighted by Gasteiger charge is 2.09. The summed E-state index contributed by atoms with van der Waals surface area (Å²) < 4.78 is 13.2. The third-order valence-electron chi connectivity index (χ3n) is 3.80. The Morgan fingerprint density at radius 2 is 1.52 bits per heavy atom. The number of aromatic nitrogens is 2. The smallest absolute Gasteiger partial charge is 0.123 e. The fourth-order valence-corrected chi connectivity index (χ4v) is 2.69. The van der Waals surface area contributed by atoms with E-state index in [1.54, 1.807) is 18.3 Å². The molecule has 0 amide bonds. The number of hydrogen-bond donors (Lipinski definition) is 0. The van der Waals surface area contributed by atoms with E-state index < -0.39 is 0 Å². The molecule has 0 saturated heterocycles. The maximum absolute atomic E-state index is 13.2. The highest BCUT2D eigenvalue weighted by Crippen LogP contribution is 2.31. The summed E-state index contributed by atoms with van der Waals surface area (Å²) in [7, 11) is 0. The molecular formula is C20H13FN2. The van der Waals surface area contributed by atoms with Gasteiger partial charge in [0.2, 0.25) is 0 Å². The number of halogens is 1. The molecule has 0 bridgehead atoms. The molecule has 0 N–H and O–H groups in total. The van der Waals surface area contributed by atoms with E-state index >= 15 is 0 Å². The number of para-hydroxylation sites is 1. The lowest BCUT2D eigenvalue weighted by Crippen LogP contribution is -1.91. The van der Waals surface area contributed by atoms with Crippen LogP contribution < -0.4 is 0 Å². The average molecular weight is 300 g/mol. The minimum absolute atomic E-state index is 0.239. The first-order valence-electron chi connectivity index (χ1n) is 7.38. The number of hydrogen-bond acceptors (Lipinski definition) is 2. The van der Waals surface area contributed by atoms with E-state index in [-0.39, 0.29) is 5.82 Å². The van der Waals surface area contributed by atoms with Crippen molar-refractivity contribution in [2.45, 2.75) is 0 Å². The highest BCUT2D eigenvalue weighted by molar-refractivity contribution is 5.96. The van der Waals surface area contributed by atoms with Crippen molar-refractivity contribution in [1.29, 1.82) is 0 Å². The first-order valence-corrected chi connectivity index (χ1v) is 7.38. The maximum atomic E-state index is 13.2. The van der Waals surface area contributed by atoms with Gasteiger partial charge in [-0.2, -0.15) is 0 Å². The van der Waals surface area contributed by atoms with Crippen LogP contribution in [-0.4, -0.2) is 9.97 Å². The monoisotopic (exact) mass is 300 g/mol. The summed E-state index contributed by atoms with van der Waals surface area (Å²) in [5, 5.41) is 1.04. The molecule has 0 fully saturated rings. The van der Waals surface area contributed by atoms with Crippen molar-refractivity contribution in [2.24, 2.45) is 0 Å². The van der Waals surface area contributed by atoms with Gasteiger partial charge in [0.05, 0.1) is 16.9 Å². The Hall–Kier alpha value is -3.07. The fraction of sp³-hybridized carbons (Fsp3) is 0. The Bertz CT molecular complexity index is 964. The zero-order valence-corrected chi connectivity index (χ0v) is 12.3. The Labute approximate surface area is 133 Å². The second kappa shape index (κ2) is 5.61. The van der Waals surface area contributed by atoms with Crippen LogP contribution in [0, 0.1) is 5.82 Å². The van der Waals surface area contributed by atoms with Crippen LogP contribution in [0.3, 0.4) is 0 Å². The molecule has 2 heterocycles. The first-order chi connectivity index (χ1) is 11.3. The van der Waals surface area contributed by atoms with E-state index in [4.69, 9.17) is 4.98 Å². The zero-order chi connectivity index (χ0) is 15.6. The predicted molar refractivity (Wildman–Crippen MR) is 90.4 cm³/mol. The largest absolute Gasteiger partial charge is 0.255 e. The molecule has 0 aliphatic rings. The van der Waals surface area contributed by atoms with Crippen molar-refractivity contribution in [1.82, 2.24) is 9.97 Å². The van der Waals surface area contributed by atoms with Gasteiger partial charge in [0, 0.05) is 11.6 Å². The Morgan fingerprint density at radius 1 is 0.739 bits per heavy atom. The Balaban J connectivity index is 2.00. The summed E-state index contributed by atoms with van der Waals surface area (Å²) in [5.41, 5.74) is 4.51. The van der Waals surface area contributed by atoms with E-state index in [9.17, 15) is 4.39 Å². The number of fused-ring (bicyclic) bond motifs is 1. The molecule has 0 saturated carbocycles. The number of benzene rings is 2. The van der Waals surface area contributed by atoms with Crippen molar-refractivity contribution in [2.75, 3.05) is 0 Å². The normalized spacial score (nSPS) is 10.8. The van der Waals surface area contributed by atoms with Crippen LogP contribution in [-0.2, 0) is 0 Å². The van der Waals surface area contributed by atoms with Crippen LogP contribution >= 0.6 is 0 Å². The molecular weight excluding hydrogens is 287 g/mol. The van der Waals surface area contributed by atoms with E-state index in [0.29, 0.717) is 0 Å². The van der Waals surface area contributed by atoms with Gasteiger partial charge >= 0.3 is 0 Å². The molecule has 0 atom stereocenters. The Kier molecular flexibility index (Phi) is 3.31. The lowest BCUT2D eigenvalue weighted by Gasteiger charge is -2.10. The van der Waals surface area contributed by atoms with E-state index in [1.807, 2.05) is 48.5 Å². The lowest BCUT2D eigenvalue weighted by molar-refractivity contribution is 0.628. The second-order valence-electron chi connectivity index (χ2n) is 5.29. The molecule has 0 radical (unpaired) electrons. The summed E-state index contributed by atoms with van der Waals surface area (Å²) in [6, 6.07) is 22.3. The van der Waals surface area contributed by atoms with Gasteiger partial charge in [-0.3, -0.25) is 4.98 Å². The van der Waals surface area contributed by atoms with Crippen molar-refractivity contribution in [3.63, 3.8) is 0 Å². The fourth-order valence-electron chi connectivity index (χ4n) is 2.69. The topological polar surface area (TPSA) is 25.8 Å². The molecule has 0 spiro atoms. The van der Waals surface area contributed by atoms with Crippen LogP contribution in [0.4, 0.5) is 4.39 Å². The number of nitrogens with zero attached hydrogens (tertiary/aromatic N) is 2. The molecule has 0 unspecified atom stereocenters. The summed E-state index contributed by atoms with van der Waals surface area (Å²) in [6.45, 7) is 0. The van der Waals surface area contributed by atoms with Gasteiger partial charge in [0.1, 0.15) is 5.82 Å². The van der Waals surface area contributed by atoms with Gasteiger partial charge in [-0.15, -0.1) is 0 Å². The summed E-state index contributed by atoms with van der Waals surface area (Å²) in [4.78, 5) is 9.09. The van der Waals surface area contributed by atoms with Gasteiger partial charge in [-0.05, 0) is 47.5 Å². The van der Waals surface area contributed by atoms with Crippen molar-refractivity contribution >= 4 is 10.9 Å². The molecule has 23 heavy (non-hydrogen) atoms. The average Bonchev–Trinajstić information content (AvgIpc) is 2.62. The highest BCUT2D eigenvalue weighted by atomic mass is 19.1. The van der Waals surface area contributed by atoms with Gasteiger partial charge < -0.3 is 0 Å². The standard InChI is InChI=1S/C20H13FN2/c21-15-10-8-14(9-11-15)17-13-20(19-7-3-4-12-22-19)23-18-6-2-1-5-16(17)18/h1-13H. The van der Waals surface area contributed by atoms with Crippen LogP contribution in [0.15, 0.2) is 79.0 Å². The SMILES string of the molecule is Fc1ccc(-c2cc(-c3ccccn3)nc3ccccc23)cc1. The molecule has 3 heteroatoms. The minimum Gasteiger partial charge on any atom is -0.255 e.